The highest BCUT2D eigenvalue weighted by atomic mass is 16.3. The number of para-hydroxylation sites is 1. The molecule has 0 aromatic heterocycles. The van der Waals surface area contributed by atoms with Crippen LogP contribution in [0.2, 0.25) is 0 Å². The summed E-state index contributed by atoms with van der Waals surface area (Å²) in [6.07, 6.45) is 3.22. The van der Waals surface area contributed by atoms with Crippen LogP contribution in [0.3, 0.4) is 0 Å². The molecule has 0 spiro atoms. The van der Waals surface area contributed by atoms with Gasteiger partial charge in [-0.1, -0.05) is 48.5 Å². The molecule has 0 heterocycles. The molecule has 0 aliphatic heterocycles. The van der Waals surface area contributed by atoms with Gasteiger partial charge in [0, 0.05) is 17.3 Å². The van der Waals surface area contributed by atoms with Gasteiger partial charge >= 0.3 is 0 Å². The molecular weight excluding hydrogens is 238 g/mol. The number of nitrogens with one attached hydrogen (secondary N) is 1. The molecule has 2 rings (SSSR count). The van der Waals surface area contributed by atoms with Crippen molar-refractivity contribution in [2.24, 2.45) is 0 Å². The summed E-state index contributed by atoms with van der Waals surface area (Å²) in [5, 5.41) is 11.9. The van der Waals surface area contributed by atoms with Gasteiger partial charge in [-0.05, 0) is 17.7 Å². The first-order valence-corrected chi connectivity index (χ1v) is 6.02. The second kappa shape index (κ2) is 6.52. The Morgan fingerprint density at radius 2 is 1.74 bits per heavy atom. The zero-order valence-corrected chi connectivity index (χ0v) is 10.4. The van der Waals surface area contributed by atoms with Gasteiger partial charge in [0.1, 0.15) is 0 Å². The van der Waals surface area contributed by atoms with E-state index in [1.165, 1.54) is 6.08 Å². The van der Waals surface area contributed by atoms with Gasteiger partial charge in [0.2, 0.25) is 5.91 Å². The van der Waals surface area contributed by atoms with E-state index < -0.39 is 0 Å². The number of carbonyl (C=O) groups is 1. The standard InChI is InChI=1S/C16H15NO2/c18-12-14-8-4-5-9-15(14)17-16(19)11-10-13-6-2-1-3-7-13/h1-11,18H,12H2,(H,17,19)/b11-10+. The highest BCUT2D eigenvalue weighted by molar-refractivity contribution is 6.02. The Bertz CT molecular complexity index is 576. The fourth-order valence-electron chi connectivity index (χ4n) is 1.69. The van der Waals surface area contributed by atoms with Gasteiger partial charge in [0.05, 0.1) is 6.61 Å². The number of hydrogen-bond donors (Lipinski definition) is 2. The smallest absolute Gasteiger partial charge is 0.248 e. The molecule has 1 amide bonds. The topological polar surface area (TPSA) is 49.3 Å². The Hall–Kier alpha value is -2.39. The van der Waals surface area contributed by atoms with E-state index in [1.54, 1.807) is 18.2 Å². The third-order valence-corrected chi connectivity index (χ3v) is 2.67. The summed E-state index contributed by atoms with van der Waals surface area (Å²) < 4.78 is 0. The summed E-state index contributed by atoms with van der Waals surface area (Å²) in [7, 11) is 0. The van der Waals surface area contributed by atoms with Gasteiger partial charge in [-0.25, -0.2) is 0 Å². The van der Waals surface area contributed by atoms with Gasteiger partial charge in [-0.15, -0.1) is 0 Å². The molecule has 0 fully saturated rings. The first-order valence-electron chi connectivity index (χ1n) is 6.02. The minimum Gasteiger partial charge on any atom is -0.392 e. The third kappa shape index (κ3) is 3.79. The Morgan fingerprint density at radius 3 is 2.47 bits per heavy atom. The molecule has 3 heteroatoms. The maximum atomic E-state index is 11.8. The van der Waals surface area contributed by atoms with Gasteiger partial charge in [-0.3, -0.25) is 4.79 Å². The van der Waals surface area contributed by atoms with Gasteiger partial charge in [0.15, 0.2) is 0 Å². The molecule has 0 radical (unpaired) electrons. The van der Waals surface area contributed by atoms with Crippen molar-refractivity contribution < 1.29 is 9.90 Å². The molecule has 0 bridgehead atoms. The van der Waals surface area contributed by atoms with Crippen molar-refractivity contribution in [3.63, 3.8) is 0 Å². The summed E-state index contributed by atoms with van der Waals surface area (Å²) in [4.78, 5) is 11.8. The van der Waals surface area contributed by atoms with Crippen molar-refractivity contribution >= 4 is 17.7 Å². The van der Waals surface area contributed by atoms with E-state index in [2.05, 4.69) is 5.32 Å². The van der Waals surface area contributed by atoms with Crippen molar-refractivity contribution in [1.82, 2.24) is 0 Å². The van der Waals surface area contributed by atoms with Crippen LogP contribution in [0.5, 0.6) is 0 Å². The van der Waals surface area contributed by atoms with Crippen molar-refractivity contribution in [2.45, 2.75) is 6.61 Å². The largest absolute Gasteiger partial charge is 0.392 e. The molecule has 2 aromatic rings. The normalized spacial score (nSPS) is 10.6. The van der Waals surface area contributed by atoms with Crippen LogP contribution < -0.4 is 5.32 Å². The first kappa shape index (κ1) is 13.1. The Labute approximate surface area is 112 Å². The zero-order valence-electron chi connectivity index (χ0n) is 10.4. The number of hydrogen-bond acceptors (Lipinski definition) is 2. The molecule has 0 saturated heterocycles. The minimum absolute atomic E-state index is 0.0984. The molecule has 3 nitrogen and oxygen atoms in total. The molecule has 2 aromatic carbocycles. The molecule has 0 aliphatic rings. The van der Waals surface area contributed by atoms with E-state index in [4.69, 9.17) is 5.11 Å². The maximum absolute atomic E-state index is 11.8. The molecule has 19 heavy (non-hydrogen) atoms. The zero-order chi connectivity index (χ0) is 13.5. The predicted molar refractivity (Wildman–Crippen MR) is 76.5 cm³/mol. The van der Waals surface area contributed by atoms with Crippen LogP contribution in [0.15, 0.2) is 60.7 Å². The summed E-state index contributed by atoms with van der Waals surface area (Å²) in [6.45, 7) is -0.0984. The second-order valence-electron chi connectivity index (χ2n) is 4.05. The Balaban J connectivity index is 2.04. The Morgan fingerprint density at radius 1 is 1.05 bits per heavy atom. The molecule has 0 unspecified atom stereocenters. The first-order chi connectivity index (χ1) is 9.29. The van der Waals surface area contributed by atoms with Crippen LogP contribution in [0.1, 0.15) is 11.1 Å². The van der Waals surface area contributed by atoms with E-state index in [1.807, 2.05) is 42.5 Å². The number of anilines is 1. The lowest BCUT2D eigenvalue weighted by atomic mass is 10.2. The van der Waals surface area contributed by atoms with Gasteiger partial charge < -0.3 is 10.4 Å². The number of benzene rings is 2. The van der Waals surface area contributed by atoms with Crippen LogP contribution >= 0.6 is 0 Å². The minimum atomic E-state index is -0.218. The van der Waals surface area contributed by atoms with Crippen molar-refractivity contribution in [3.05, 3.63) is 71.8 Å². The average Bonchev–Trinajstić information content (AvgIpc) is 2.47. The molecule has 96 valence electrons. The molecule has 0 atom stereocenters. The molecule has 0 saturated carbocycles. The van der Waals surface area contributed by atoms with E-state index in [9.17, 15) is 4.79 Å². The predicted octanol–water partition coefficient (Wildman–Crippen LogP) is 2.83. The van der Waals surface area contributed by atoms with Crippen LogP contribution in [-0.2, 0) is 11.4 Å². The number of amides is 1. The van der Waals surface area contributed by atoms with Crippen LogP contribution in [0.25, 0.3) is 6.08 Å². The number of aliphatic hydroxyl groups is 1. The summed E-state index contributed by atoms with van der Waals surface area (Å²) in [5.74, 6) is -0.218. The SMILES string of the molecule is O=C(/C=C/c1ccccc1)Nc1ccccc1CO. The van der Waals surface area contributed by atoms with Crippen LogP contribution in [-0.4, -0.2) is 11.0 Å². The third-order valence-electron chi connectivity index (χ3n) is 2.67. The molecule has 0 aliphatic carbocycles. The second-order valence-corrected chi connectivity index (χ2v) is 4.05. The van der Waals surface area contributed by atoms with Crippen molar-refractivity contribution in [2.75, 3.05) is 5.32 Å². The average molecular weight is 253 g/mol. The van der Waals surface area contributed by atoms with E-state index in [0.29, 0.717) is 11.3 Å². The summed E-state index contributed by atoms with van der Waals surface area (Å²) in [6, 6.07) is 16.8. The van der Waals surface area contributed by atoms with Crippen LogP contribution in [0.4, 0.5) is 5.69 Å². The summed E-state index contributed by atoms with van der Waals surface area (Å²) in [5.41, 5.74) is 2.30. The number of aliphatic hydroxyl groups excluding tert-OH is 1. The lowest BCUT2D eigenvalue weighted by Crippen LogP contribution is -2.09. The van der Waals surface area contributed by atoms with Gasteiger partial charge in [0.25, 0.3) is 0 Å². The van der Waals surface area contributed by atoms with E-state index >= 15 is 0 Å². The van der Waals surface area contributed by atoms with E-state index in [0.717, 1.165) is 5.56 Å². The lowest BCUT2D eigenvalue weighted by molar-refractivity contribution is -0.111. The van der Waals surface area contributed by atoms with Crippen molar-refractivity contribution in [3.8, 4) is 0 Å². The van der Waals surface area contributed by atoms with Crippen molar-refractivity contribution in [1.29, 1.82) is 0 Å². The Kier molecular flexibility index (Phi) is 4.48. The fourth-order valence-corrected chi connectivity index (χ4v) is 1.69. The lowest BCUT2D eigenvalue weighted by Gasteiger charge is -2.06. The monoisotopic (exact) mass is 253 g/mol. The molecular formula is C16H15NO2. The summed E-state index contributed by atoms with van der Waals surface area (Å²) >= 11 is 0. The maximum Gasteiger partial charge on any atom is 0.248 e. The fraction of sp³-hybridized carbons (Fsp3) is 0.0625. The van der Waals surface area contributed by atoms with Crippen LogP contribution in [0, 0.1) is 0 Å². The highest BCUT2D eigenvalue weighted by Gasteiger charge is 2.02. The molecule has 2 N–H and O–H groups in total. The number of rotatable bonds is 4. The highest BCUT2D eigenvalue weighted by Crippen LogP contribution is 2.14. The number of carbonyl (C=O) groups excluding carboxylic acids is 1. The van der Waals surface area contributed by atoms with Gasteiger partial charge in [-0.2, -0.15) is 0 Å². The van der Waals surface area contributed by atoms with E-state index in [-0.39, 0.29) is 12.5 Å². The quantitative estimate of drug-likeness (QED) is 0.823.